The summed E-state index contributed by atoms with van der Waals surface area (Å²) in [5, 5.41) is 8.56. The fraction of sp³-hybridized carbons (Fsp3) is 0.556. The van der Waals surface area contributed by atoms with E-state index >= 15 is 0 Å². The lowest BCUT2D eigenvalue weighted by Crippen LogP contribution is -2.44. The number of nitrogens with one attached hydrogen (secondary N) is 3. The van der Waals surface area contributed by atoms with Crippen molar-refractivity contribution in [1.29, 1.82) is 0 Å². The molecule has 0 aliphatic heterocycles. The first-order chi connectivity index (χ1) is 7.97. The molecule has 1 amide bonds. The first kappa shape index (κ1) is 13.7. The summed E-state index contributed by atoms with van der Waals surface area (Å²) in [5.74, 6) is -0.348. The zero-order chi connectivity index (χ0) is 12.9. The first-order valence-electron chi connectivity index (χ1n) is 5.26. The molecule has 0 saturated carbocycles. The van der Waals surface area contributed by atoms with Crippen LogP contribution in [0.1, 0.15) is 20.3 Å². The number of hydrogen-bond donors (Lipinski definition) is 3. The average Bonchev–Trinajstić information content (AvgIpc) is 2.79. The summed E-state index contributed by atoms with van der Waals surface area (Å²) in [4.78, 5) is 11.5. The molecule has 0 saturated heterocycles. The van der Waals surface area contributed by atoms with Gasteiger partial charge in [0.25, 0.3) is 0 Å². The number of amides is 1. The highest BCUT2D eigenvalue weighted by Gasteiger charge is 2.22. The van der Waals surface area contributed by atoms with Crippen LogP contribution in [0.15, 0.2) is 17.3 Å². The van der Waals surface area contributed by atoms with Crippen LogP contribution in [0, 0.1) is 0 Å². The van der Waals surface area contributed by atoms with Gasteiger partial charge in [0, 0.05) is 12.7 Å². The summed E-state index contributed by atoms with van der Waals surface area (Å²) in [6.45, 7) is 3.93. The minimum Gasteiger partial charge on any atom is -0.355 e. The van der Waals surface area contributed by atoms with E-state index in [0.29, 0.717) is 6.54 Å². The van der Waals surface area contributed by atoms with E-state index in [2.05, 4.69) is 20.2 Å². The molecule has 0 bridgehead atoms. The zero-order valence-corrected chi connectivity index (χ0v) is 10.5. The van der Waals surface area contributed by atoms with Crippen LogP contribution in [-0.2, 0) is 14.8 Å². The SMILES string of the molecule is CCCNC(=O)C(C)NS(=O)(=O)c1cn[nH]c1. The van der Waals surface area contributed by atoms with Gasteiger partial charge < -0.3 is 5.32 Å². The minimum absolute atomic E-state index is 0.00708. The zero-order valence-electron chi connectivity index (χ0n) is 9.73. The van der Waals surface area contributed by atoms with Gasteiger partial charge in [-0.1, -0.05) is 6.92 Å². The van der Waals surface area contributed by atoms with Gasteiger partial charge in [0.15, 0.2) is 0 Å². The predicted molar refractivity (Wildman–Crippen MR) is 61.7 cm³/mol. The highest BCUT2D eigenvalue weighted by Crippen LogP contribution is 2.05. The molecule has 0 fully saturated rings. The van der Waals surface area contributed by atoms with Crippen molar-refractivity contribution in [3.8, 4) is 0 Å². The Balaban J connectivity index is 2.62. The Morgan fingerprint density at radius 1 is 1.59 bits per heavy atom. The minimum atomic E-state index is -3.69. The van der Waals surface area contributed by atoms with Gasteiger partial charge in [0.1, 0.15) is 4.90 Å². The van der Waals surface area contributed by atoms with E-state index in [1.807, 2.05) is 6.92 Å². The van der Waals surface area contributed by atoms with Crippen LogP contribution in [0.4, 0.5) is 0 Å². The smallest absolute Gasteiger partial charge is 0.244 e. The van der Waals surface area contributed by atoms with Crippen molar-refractivity contribution in [3.63, 3.8) is 0 Å². The lowest BCUT2D eigenvalue weighted by atomic mass is 10.3. The molecule has 7 nitrogen and oxygen atoms in total. The first-order valence-corrected chi connectivity index (χ1v) is 6.74. The molecule has 0 aliphatic carbocycles. The fourth-order valence-electron chi connectivity index (χ4n) is 1.14. The lowest BCUT2D eigenvalue weighted by Gasteiger charge is -2.13. The van der Waals surface area contributed by atoms with E-state index in [0.717, 1.165) is 6.42 Å². The molecule has 3 N–H and O–H groups in total. The molecular formula is C9H16N4O3S. The maximum Gasteiger partial charge on any atom is 0.244 e. The van der Waals surface area contributed by atoms with Crippen LogP contribution in [0.3, 0.4) is 0 Å². The van der Waals surface area contributed by atoms with Crippen molar-refractivity contribution in [2.75, 3.05) is 6.54 Å². The Kier molecular flexibility index (Phi) is 4.64. The van der Waals surface area contributed by atoms with Gasteiger partial charge in [-0.2, -0.15) is 9.82 Å². The molecule has 1 rings (SSSR count). The van der Waals surface area contributed by atoms with Crippen LogP contribution in [0.2, 0.25) is 0 Å². The summed E-state index contributed by atoms with van der Waals surface area (Å²) in [5.41, 5.74) is 0. The molecule has 1 atom stereocenters. The fourth-order valence-corrected chi connectivity index (χ4v) is 2.25. The van der Waals surface area contributed by atoms with Crippen LogP contribution < -0.4 is 10.0 Å². The lowest BCUT2D eigenvalue weighted by molar-refractivity contribution is -0.122. The molecular weight excluding hydrogens is 244 g/mol. The summed E-state index contributed by atoms with van der Waals surface area (Å²) in [7, 11) is -3.69. The Hall–Kier alpha value is -1.41. The molecule has 0 spiro atoms. The maximum atomic E-state index is 11.7. The molecule has 0 radical (unpaired) electrons. The molecule has 1 heterocycles. The van der Waals surface area contributed by atoms with E-state index in [-0.39, 0.29) is 10.8 Å². The summed E-state index contributed by atoms with van der Waals surface area (Å²) < 4.78 is 25.7. The predicted octanol–water partition coefficient (Wildman–Crippen LogP) is -0.397. The van der Waals surface area contributed by atoms with Crippen molar-refractivity contribution in [2.24, 2.45) is 0 Å². The van der Waals surface area contributed by atoms with Gasteiger partial charge >= 0.3 is 0 Å². The van der Waals surface area contributed by atoms with Crippen LogP contribution in [0.25, 0.3) is 0 Å². The largest absolute Gasteiger partial charge is 0.355 e. The van der Waals surface area contributed by atoms with Gasteiger partial charge in [-0.3, -0.25) is 9.89 Å². The molecule has 8 heteroatoms. The second-order valence-corrected chi connectivity index (χ2v) is 5.28. The number of carbonyl (C=O) groups is 1. The molecule has 1 unspecified atom stereocenters. The van der Waals surface area contributed by atoms with Crippen LogP contribution in [0.5, 0.6) is 0 Å². The summed E-state index contributed by atoms with van der Waals surface area (Å²) in [6, 6.07) is -0.818. The average molecular weight is 260 g/mol. The molecule has 17 heavy (non-hydrogen) atoms. The van der Waals surface area contributed by atoms with Gasteiger partial charge in [-0.15, -0.1) is 0 Å². The molecule has 1 aromatic heterocycles. The maximum absolute atomic E-state index is 11.7. The van der Waals surface area contributed by atoms with Crippen molar-refractivity contribution >= 4 is 15.9 Å². The number of rotatable bonds is 6. The van der Waals surface area contributed by atoms with E-state index in [9.17, 15) is 13.2 Å². The van der Waals surface area contributed by atoms with Gasteiger partial charge in [-0.05, 0) is 13.3 Å². The number of hydrogen-bond acceptors (Lipinski definition) is 4. The third-order valence-electron chi connectivity index (χ3n) is 2.06. The van der Waals surface area contributed by atoms with Crippen molar-refractivity contribution in [2.45, 2.75) is 31.2 Å². The van der Waals surface area contributed by atoms with E-state index in [1.54, 1.807) is 0 Å². The number of H-pyrrole nitrogens is 1. The van der Waals surface area contributed by atoms with Gasteiger partial charge in [0.05, 0.1) is 12.2 Å². The Bertz CT molecular complexity index is 455. The van der Waals surface area contributed by atoms with Crippen molar-refractivity contribution < 1.29 is 13.2 Å². The Morgan fingerprint density at radius 2 is 2.29 bits per heavy atom. The molecule has 0 aliphatic rings. The van der Waals surface area contributed by atoms with Gasteiger partial charge in [0.2, 0.25) is 15.9 Å². The normalized spacial score (nSPS) is 13.3. The Labute approximate surface area is 100 Å². The van der Waals surface area contributed by atoms with Gasteiger partial charge in [-0.25, -0.2) is 8.42 Å². The quantitative estimate of drug-likeness (QED) is 0.647. The third kappa shape index (κ3) is 3.82. The highest BCUT2D eigenvalue weighted by atomic mass is 32.2. The topological polar surface area (TPSA) is 104 Å². The van der Waals surface area contributed by atoms with Crippen molar-refractivity contribution in [1.82, 2.24) is 20.2 Å². The van der Waals surface area contributed by atoms with E-state index in [1.165, 1.54) is 19.3 Å². The van der Waals surface area contributed by atoms with E-state index < -0.39 is 16.1 Å². The van der Waals surface area contributed by atoms with Crippen LogP contribution in [-0.4, -0.2) is 37.1 Å². The number of carbonyl (C=O) groups excluding carboxylic acids is 1. The van der Waals surface area contributed by atoms with Crippen LogP contribution >= 0.6 is 0 Å². The second-order valence-electron chi connectivity index (χ2n) is 3.57. The molecule has 96 valence electrons. The second kappa shape index (κ2) is 5.78. The Morgan fingerprint density at radius 3 is 2.82 bits per heavy atom. The molecule has 0 aromatic carbocycles. The van der Waals surface area contributed by atoms with E-state index in [4.69, 9.17) is 0 Å². The highest BCUT2D eigenvalue weighted by molar-refractivity contribution is 7.89. The number of sulfonamides is 1. The summed E-state index contributed by atoms with van der Waals surface area (Å²) in [6.07, 6.45) is 3.23. The monoisotopic (exact) mass is 260 g/mol. The summed E-state index contributed by atoms with van der Waals surface area (Å²) >= 11 is 0. The van der Waals surface area contributed by atoms with Crippen molar-refractivity contribution in [3.05, 3.63) is 12.4 Å². The third-order valence-corrected chi connectivity index (χ3v) is 3.57. The molecule has 1 aromatic rings. The number of aromatic amines is 1. The standard InChI is InChI=1S/C9H16N4O3S/c1-3-4-10-9(14)7(2)13-17(15,16)8-5-11-12-6-8/h5-7,13H,3-4H2,1-2H3,(H,10,14)(H,11,12). The number of nitrogens with zero attached hydrogens (tertiary/aromatic N) is 1. The number of aromatic nitrogens is 2.